The molecule has 0 fully saturated rings. The number of carbonyl (C=O) groups excluding carboxylic acids is 2. The van der Waals surface area contributed by atoms with Crippen molar-refractivity contribution in [3.8, 4) is 0 Å². The maximum Gasteiger partial charge on any atom is 0.329 e. The number of esters is 1. The topological polar surface area (TPSA) is 46.6 Å². The van der Waals surface area contributed by atoms with Gasteiger partial charge in [0, 0.05) is 11.3 Å². The molecule has 0 N–H and O–H groups in total. The number of hydrogen-bond donors (Lipinski definition) is 0. The highest BCUT2D eigenvalue weighted by Crippen LogP contribution is 2.23. The maximum atomic E-state index is 13.2. The van der Waals surface area contributed by atoms with E-state index in [2.05, 4.69) is 6.58 Å². The highest BCUT2D eigenvalue weighted by Gasteiger charge is 2.32. The molecule has 0 aliphatic carbocycles. The van der Waals surface area contributed by atoms with E-state index in [1.165, 1.54) is 0 Å². The molecule has 0 aliphatic heterocycles. The van der Waals surface area contributed by atoms with E-state index in [1.54, 1.807) is 24.0 Å². The van der Waals surface area contributed by atoms with E-state index in [9.17, 15) is 9.59 Å². The molecule has 2 rings (SSSR count). The molecule has 1 unspecified atom stereocenters. The van der Waals surface area contributed by atoms with Crippen molar-refractivity contribution in [2.75, 3.05) is 11.5 Å². The van der Waals surface area contributed by atoms with E-state index in [-0.39, 0.29) is 18.5 Å². The van der Waals surface area contributed by atoms with Gasteiger partial charge in [0.1, 0.15) is 6.04 Å². The molecule has 0 saturated carbocycles. The minimum atomic E-state index is -0.676. The van der Waals surface area contributed by atoms with Crippen molar-refractivity contribution in [2.24, 2.45) is 0 Å². The normalized spacial score (nSPS) is 11.4. The van der Waals surface area contributed by atoms with Crippen molar-refractivity contribution in [3.05, 3.63) is 78.9 Å². The van der Waals surface area contributed by atoms with Crippen LogP contribution in [0.15, 0.2) is 73.3 Å². The van der Waals surface area contributed by atoms with Crippen LogP contribution in [0.5, 0.6) is 0 Å². The Hall–Kier alpha value is -2.88. The first-order valence-corrected chi connectivity index (χ1v) is 8.90. The van der Waals surface area contributed by atoms with Gasteiger partial charge < -0.3 is 4.74 Å². The molecule has 1 amide bonds. The Kier molecular flexibility index (Phi) is 7.62. The predicted molar refractivity (Wildman–Crippen MR) is 104 cm³/mol. The van der Waals surface area contributed by atoms with E-state index in [4.69, 9.17) is 4.74 Å². The lowest BCUT2D eigenvalue weighted by molar-refractivity contribution is -0.144. The minimum Gasteiger partial charge on any atom is -0.464 e. The molecule has 136 valence electrons. The average molecular weight is 351 g/mol. The molecular formula is C22H25NO3. The molecule has 0 bridgehead atoms. The smallest absolute Gasteiger partial charge is 0.329 e. The van der Waals surface area contributed by atoms with Gasteiger partial charge in [-0.2, -0.15) is 0 Å². The number of nitrogens with zero attached hydrogens (tertiary/aromatic N) is 1. The molecule has 26 heavy (non-hydrogen) atoms. The summed E-state index contributed by atoms with van der Waals surface area (Å²) >= 11 is 0. The zero-order valence-corrected chi connectivity index (χ0v) is 15.1. The fraction of sp³-hybridized carbons (Fsp3) is 0.273. The zero-order chi connectivity index (χ0) is 18.8. The number of para-hydroxylation sites is 1. The van der Waals surface area contributed by atoms with Gasteiger partial charge in [0.2, 0.25) is 0 Å². The van der Waals surface area contributed by atoms with Gasteiger partial charge in [0.25, 0.3) is 5.91 Å². The highest BCUT2D eigenvalue weighted by atomic mass is 16.5. The predicted octanol–water partition coefficient (Wildman–Crippen LogP) is 4.62. The Balaban J connectivity index is 2.42. The van der Waals surface area contributed by atoms with Crippen molar-refractivity contribution in [3.63, 3.8) is 0 Å². The van der Waals surface area contributed by atoms with E-state index in [0.717, 1.165) is 12.8 Å². The lowest BCUT2D eigenvalue weighted by atomic mass is 10.0. The van der Waals surface area contributed by atoms with Crippen LogP contribution in [0.4, 0.5) is 5.69 Å². The number of unbranched alkanes of at least 4 members (excludes halogenated alkanes) is 1. The zero-order valence-electron chi connectivity index (χ0n) is 15.1. The SMILES string of the molecule is C=CCCCC(C(=O)OCC)N(C(=O)c1ccccc1)c1ccccc1. The summed E-state index contributed by atoms with van der Waals surface area (Å²) in [6, 6.07) is 17.6. The van der Waals surface area contributed by atoms with Crippen molar-refractivity contribution >= 4 is 17.6 Å². The quantitative estimate of drug-likeness (QED) is 0.376. The molecule has 0 spiro atoms. The summed E-state index contributed by atoms with van der Waals surface area (Å²) in [5.74, 6) is -0.599. The van der Waals surface area contributed by atoms with Crippen LogP contribution in [0.2, 0.25) is 0 Å². The summed E-state index contributed by atoms with van der Waals surface area (Å²) < 4.78 is 5.26. The number of anilines is 1. The van der Waals surface area contributed by atoms with Gasteiger partial charge in [0.15, 0.2) is 0 Å². The number of amides is 1. The van der Waals surface area contributed by atoms with Gasteiger partial charge >= 0.3 is 5.97 Å². The number of rotatable bonds is 9. The third kappa shape index (κ3) is 5.06. The Labute approximate surface area is 155 Å². The first-order valence-electron chi connectivity index (χ1n) is 8.90. The number of hydrogen-bond acceptors (Lipinski definition) is 3. The molecule has 2 aromatic carbocycles. The molecule has 4 heteroatoms. The third-order valence-corrected chi connectivity index (χ3v) is 4.03. The van der Waals surface area contributed by atoms with Crippen LogP contribution in [0.3, 0.4) is 0 Å². The number of allylic oxidation sites excluding steroid dienone is 1. The molecule has 0 radical (unpaired) electrons. The van der Waals surface area contributed by atoms with E-state index < -0.39 is 6.04 Å². The molecular weight excluding hydrogens is 326 g/mol. The lowest BCUT2D eigenvalue weighted by Gasteiger charge is -2.30. The van der Waals surface area contributed by atoms with Crippen LogP contribution in [-0.2, 0) is 9.53 Å². The van der Waals surface area contributed by atoms with Gasteiger partial charge in [0.05, 0.1) is 6.61 Å². The summed E-state index contributed by atoms with van der Waals surface area (Å²) in [5, 5.41) is 0. The monoisotopic (exact) mass is 351 g/mol. The summed E-state index contributed by atoms with van der Waals surface area (Å²) in [6.07, 6.45) is 3.85. The lowest BCUT2D eigenvalue weighted by Crippen LogP contribution is -2.46. The largest absolute Gasteiger partial charge is 0.464 e. The molecule has 0 aromatic heterocycles. The van der Waals surface area contributed by atoms with Gasteiger partial charge in [-0.3, -0.25) is 9.69 Å². The Morgan fingerprint density at radius 2 is 1.69 bits per heavy atom. The summed E-state index contributed by atoms with van der Waals surface area (Å²) in [5.41, 5.74) is 1.22. The van der Waals surface area contributed by atoms with Crippen LogP contribution >= 0.6 is 0 Å². The highest BCUT2D eigenvalue weighted by molar-refractivity contribution is 6.09. The number of carbonyl (C=O) groups is 2. The van der Waals surface area contributed by atoms with Crippen LogP contribution in [0.1, 0.15) is 36.5 Å². The van der Waals surface area contributed by atoms with Gasteiger partial charge in [-0.15, -0.1) is 6.58 Å². The second-order valence-corrected chi connectivity index (χ2v) is 5.86. The first kappa shape index (κ1) is 19.4. The maximum absolute atomic E-state index is 13.2. The third-order valence-electron chi connectivity index (χ3n) is 4.03. The minimum absolute atomic E-state index is 0.214. The number of benzene rings is 2. The summed E-state index contributed by atoms with van der Waals surface area (Å²) in [6.45, 7) is 5.77. The van der Waals surface area contributed by atoms with Crippen molar-refractivity contribution in [1.82, 2.24) is 0 Å². The van der Waals surface area contributed by atoms with Gasteiger partial charge in [-0.1, -0.05) is 42.5 Å². The molecule has 0 aliphatic rings. The van der Waals surface area contributed by atoms with E-state index in [1.807, 2.05) is 54.6 Å². The Morgan fingerprint density at radius 3 is 2.27 bits per heavy atom. The van der Waals surface area contributed by atoms with E-state index >= 15 is 0 Å². The molecule has 0 heterocycles. The van der Waals surface area contributed by atoms with Crippen molar-refractivity contribution in [2.45, 2.75) is 32.2 Å². The van der Waals surface area contributed by atoms with Crippen LogP contribution in [0.25, 0.3) is 0 Å². The van der Waals surface area contributed by atoms with Crippen LogP contribution in [-0.4, -0.2) is 24.5 Å². The first-order chi connectivity index (χ1) is 12.7. The molecule has 4 nitrogen and oxygen atoms in total. The van der Waals surface area contributed by atoms with Gasteiger partial charge in [-0.25, -0.2) is 4.79 Å². The average Bonchev–Trinajstić information content (AvgIpc) is 2.68. The van der Waals surface area contributed by atoms with Crippen LogP contribution in [0, 0.1) is 0 Å². The summed E-state index contributed by atoms with van der Waals surface area (Å²) in [7, 11) is 0. The molecule has 0 saturated heterocycles. The number of ether oxygens (including phenoxy) is 1. The second kappa shape index (κ2) is 10.2. The Bertz CT molecular complexity index is 713. The fourth-order valence-corrected chi connectivity index (χ4v) is 2.79. The van der Waals surface area contributed by atoms with Crippen molar-refractivity contribution in [1.29, 1.82) is 0 Å². The molecule has 1 atom stereocenters. The summed E-state index contributed by atoms with van der Waals surface area (Å²) in [4.78, 5) is 27.4. The van der Waals surface area contributed by atoms with Crippen LogP contribution < -0.4 is 4.90 Å². The van der Waals surface area contributed by atoms with E-state index in [0.29, 0.717) is 17.7 Å². The fourth-order valence-electron chi connectivity index (χ4n) is 2.79. The van der Waals surface area contributed by atoms with Gasteiger partial charge in [-0.05, 0) is 50.5 Å². The Morgan fingerprint density at radius 1 is 1.08 bits per heavy atom. The second-order valence-electron chi connectivity index (χ2n) is 5.86. The molecule has 2 aromatic rings. The van der Waals surface area contributed by atoms with Crippen molar-refractivity contribution < 1.29 is 14.3 Å². The standard InChI is InChI=1S/C22H25NO3/c1-3-5-8-17-20(22(25)26-4-2)23(19-15-11-7-12-16-19)21(24)18-13-9-6-10-14-18/h3,6-7,9-16,20H,1,4-5,8,17H2,2H3.